The lowest BCUT2D eigenvalue weighted by atomic mass is 9.29. The number of fused-ring (bicyclic) bond motifs is 14. The molecule has 0 saturated heterocycles. The van der Waals surface area contributed by atoms with Gasteiger partial charge in [0.1, 0.15) is 0 Å². The molecule has 4 heterocycles. The summed E-state index contributed by atoms with van der Waals surface area (Å²) in [5.41, 5.74) is 0.796. The van der Waals surface area contributed by atoms with Crippen molar-refractivity contribution < 1.29 is 31.5 Å². The first-order valence-corrected chi connectivity index (χ1v) is 26.7. The van der Waals surface area contributed by atoms with Gasteiger partial charge in [-0.05, 0) is 165 Å². The molecule has 4 aliphatic rings. The zero-order valence-electron chi connectivity index (χ0n) is 67.4. The van der Waals surface area contributed by atoms with Gasteiger partial charge in [-0.25, -0.2) is 0 Å². The summed E-state index contributed by atoms with van der Waals surface area (Å²) in [7, 11) is 0. The summed E-state index contributed by atoms with van der Waals surface area (Å²) in [4.78, 5) is 4.77. The van der Waals surface area contributed by atoms with Crippen LogP contribution >= 0.6 is 0 Å². The largest absolute Gasteiger partial charge is 0.311 e. The van der Waals surface area contributed by atoms with Crippen LogP contribution in [0.4, 0.5) is 51.2 Å². The second-order valence-corrected chi connectivity index (χ2v) is 23.1. The Morgan fingerprint density at radius 1 is 0.338 bits per heavy atom. The average Bonchev–Trinajstić information content (AvgIpc) is 0.674. The summed E-state index contributed by atoms with van der Waals surface area (Å²) in [6, 6.07) is 17.4. The molecule has 0 bridgehead atoms. The molecule has 1 unspecified atom stereocenters. The number of anilines is 9. The van der Waals surface area contributed by atoms with E-state index in [2.05, 4.69) is 6.07 Å². The van der Waals surface area contributed by atoms with E-state index in [0.29, 0.717) is 44.7 Å². The number of hydrogen-bond acceptors (Lipinski definition) is 3. The average molecular weight is 1050 g/mol. The summed E-state index contributed by atoms with van der Waals surface area (Å²) in [6.45, 7) is 8.91. The summed E-state index contributed by atoms with van der Waals surface area (Å²) in [5, 5.41) is 5.51. The Morgan fingerprint density at radius 3 is 1.38 bits per heavy atom. The maximum atomic E-state index is 10.3. The Hall–Kier alpha value is -9.05. The number of rotatable bonds is 4. The summed E-state index contributed by atoms with van der Waals surface area (Å²) < 4.78 is 219. The first kappa shape index (κ1) is 29.2. The summed E-state index contributed by atoms with van der Waals surface area (Å²) in [6.07, 6.45) is 0. The molecule has 4 aliphatic heterocycles. The third kappa shape index (κ3) is 6.83. The highest BCUT2D eigenvalue weighted by atomic mass is 15.2. The molecular weight excluding hydrogens is 964 g/mol. The fourth-order valence-corrected chi connectivity index (χ4v) is 13.1. The van der Waals surface area contributed by atoms with Crippen molar-refractivity contribution in [3.05, 3.63) is 270 Å². The summed E-state index contributed by atoms with van der Waals surface area (Å²) >= 11 is 0. The monoisotopic (exact) mass is 1050 g/mol. The fourth-order valence-electron chi connectivity index (χ4n) is 13.1. The molecule has 380 valence electrons. The molecule has 0 saturated carbocycles. The fraction of sp³-hybridized carbons (Fsp3) is 0.120. The minimum absolute atomic E-state index is 0.0237. The van der Waals surface area contributed by atoms with Gasteiger partial charge in [0.15, 0.2) is 0 Å². The molecule has 16 rings (SSSR count). The van der Waals surface area contributed by atoms with E-state index in [0.717, 1.165) is 32.3 Å². The predicted molar refractivity (Wildman–Crippen MR) is 344 cm³/mol. The van der Waals surface area contributed by atoms with Crippen molar-refractivity contribution in [3.8, 4) is 0 Å². The lowest BCUT2D eigenvalue weighted by Crippen LogP contribution is -2.65. The third-order valence-corrected chi connectivity index (χ3v) is 16.7. The number of para-hydroxylation sites is 3. The van der Waals surface area contributed by atoms with Gasteiger partial charge in [-0.2, -0.15) is 0 Å². The topological polar surface area (TPSA) is 9.72 Å². The van der Waals surface area contributed by atoms with Crippen LogP contribution in [0.5, 0.6) is 0 Å². The Labute approximate surface area is 502 Å². The number of nitrogens with zero attached hydrogens (tertiary/aromatic N) is 3. The van der Waals surface area contributed by atoms with E-state index >= 15 is 0 Å². The van der Waals surface area contributed by atoms with Crippen LogP contribution in [0.15, 0.2) is 242 Å². The zero-order chi connectivity index (χ0) is 73.8. The highest BCUT2D eigenvalue weighted by molar-refractivity contribution is 7.02. The Kier molecular flexibility index (Phi) is 6.30. The molecular formula is C75H59B2N3. The molecule has 5 heteroatoms. The molecule has 0 spiro atoms. The van der Waals surface area contributed by atoms with E-state index in [-0.39, 0.29) is 61.4 Å². The van der Waals surface area contributed by atoms with Crippen LogP contribution < -0.4 is 47.5 Å². The van der Waals surface area contributed by atoms with E-state index in [4.69, 9.17) is 6.85 Å². The summed E-state index contributed by atoms with van der Waals surface area (Å²) in [5.74, 6) is -1.48. The van der Waals surface area contributed by atoms with Gasteiger partial charge in [0.2, 0.25) is 6.71 Å². The van der Waals surface area contributed by atoms with Crippen molar-refractivity contribution in [3.63, 3.8) is 0 Å². The first-order chi connectivity index (χ1) is 48.5. The molecule has 0 radical (unpaired) electrons. The second kappa shape index (κ2) is 17.2. The van der Waals surface area contributed by atoms with Crippen LogP contribution in [0.3, 0.4) is 0 Å². The SMILES string of the molecule is [2H]c1c([2H])c([2H])c(C2c3cc(C(C)(C)C)cc4c3B(c3cc5c(cc3N4c3ccc4c6ccccc6c6ccccc6c4c3)N(c3c([2H])c([2H])c([2H])c([2H])c3[2H])c3cc(C(C)(C)C)cc4c3B5c3c([2H])c([2H])c([2H])c([2H])c3N4c3c([2H])c([2H])c([2H])c([2H])c3[2H])c3c([2H])c([2H])c([2H])c([2H])c32)c([2H])c1[2H]. The molecule has 80 heavy (non-hydrogen) atoms. The van der Waals surface area contributed by atoms with E-state index in [9.17, 15) is 24.7 Å². The first-order valence-electron chi connectivity index (χ1n) is 38.2. The van der Waals surface area contributed by atoms with Crippen LogP contribution in [-0.4, -0.2) is 13.4 Å². The Bertz CT molecular complexity index is 5850. The normalized spacial score (nSPS) is 18.9. The third-order valence-electron chi connectivity index (χ3n) is 16.7. The van der Waals surface area contributed by atoms with Gasteiger partial charge in [0, 0.05) is 57.1 Å². The van der Waals surface area contributed by atoms with Gasteiger partial charge in [0.05, 0.1) is 31.5 Å². The molecule has 0 N–H and O–H groups in total. The van der Waals surface area contributed by atoms with Crippen LogP contribution in [0.25, 0.3) is 32.3 Å². The van der Waals surface area contributed by atoms with Gasteiger partial charge in [-0.1, -0.05) is 222 Å². The Balaban J connectivity index is 1.15. The van der Waals surface area contributed by atoms with E-state index in [1.165, 1.54) is 9.80 Å². The molecule has 0 fully saturated rings. The van der Waals surface area contributed by atoms with E-state index in [1.807, 2.05) is 119 Å². The van der Waals surface area contributed by atoms with Crippen molar-refractivity contribution in [1.29, 1.82) is 0 Å². The van der Waals surface area contributed by atoms with Crippen molar-refractivity contribution in [1.82, 2.24) is 0 Å². The predicted octanol–water partition coefficient (Wildman–Crippen LogP) is 15.6. The van der Waals surface area contributed by atoms with Gasteiger partial charge in [0.25, 0.3) is 6.71 Å². The maximum absolute atomic E-state index is 10.3. The minimum atomic E-state index is -1.48. The van der Waals surface area contributed by atoms with Gasteiger partial charge >= 0.3 is 0 Å². The zero-order valence-corrected chi connectivity index (χ0v) is 44.4. The van der Waals surface area contributed by atoms with Crippen LogP contribution in [0, 0.1) is 0 Å². The van der Waals surface area contributed by atoms with Crippen molar-refractivity contribution in [2.45, 2.75) is 58.3 Å². The van der Waals surface area contributed by atoms with Gasteiger partial charge < -0.3 is 14.7 Å². The highest BCUT2D eigenvalue weighted by Crippen LogP contribution is 2.50. The number of hydrogen-bond donors (Lipinski definition) is 0. The molecule has 0 amide bonds. The standard InChI is InChI=1S/C75H59B2N3/c1-74(2,3)48-40-60-71(47-24-10-7-11-25-47)58-34-20-21-35-61(58)76-63-45-64-66(46-67(63)80(68(41-48)72(60)76)52-38-39-57-55-32-17-16-30-53(55)54-31-18-19-33-56(54)59(57)44-52)79(51-28-14-9-15-29-51)70-43-49(75(4,5)6)42-69-73(70)77(64)62-36-22-23-37-65(62)78(69)50-26-12-8-13-27-50/h7-46,71H,1-6H3/i7D,8D,9D,10D,11D,12D,13D,14D,15D,20D,21D,22D,23D,24D,25D,26D,27D,28D,29D,34D,35D,36D,37D. The molecule has 0 aromatic heterocycles. The highest BCUT2D eigenvalue weighted by Gasteiger charge is 2.49. The smallest absolute Gasteiger partial charge is 0.252 e. The molecule has 1 atom stereocenters. The molecule has 0 aliphatic carbocycles. The van der Waals surface area contributed by atoms with Crippen LogP contribution in [0.2, 0.25) is 0 Å². The van der Waals surface area contributed by atoms with Gasteiger partial charge in [-0.3, -0.25) is 0 Å². The molecule has 12 aromatic rings. The minimum Gasteiger partial charge on any atom is -0.311 e. The molecule has 12 aromatic carbocycles. The molecule has 3 nitrogen and oxygen atoms in total. The lowest BCUT2D eigenvalue weighted by molar-refractivity contribution is 0.589. The second-order valence-electron chi connectivity index (χ2n) is 23.1. The van der Waals surface area contributed by atoms with Crippen molar-refractivity contribution in [2.75, 3.05) is 14.7 Å². The van der Waals surface area contributed by atoms with Crippen molar-refractivity contribution in [2.24, 2.45) is 0 Å². The van der Waals surface area contributed by atoms with Crippen LogP contribution in [0.1, 0.15) is 107 Å². The van der Waals surface area contributed by atoms with E-state index in [1.54, 1.807) is 24.3 Å². The lowest BCUT2D eigenvalue weighted by Gasteiger charge is -2.47. The quantitative estimate of drug-likeness (QED) is 0.128. The number of benzene rings is 12. The van der Waals surface area contributed by atoms with Crippen molar-refractivity contribution >= 4 is 130 Å². The maximum Gasteiger partial charge on any atom is 0.252 e. The van der Waals surface area contributed by atoms with Crippen LogP contribution in [-0.2, 0) is 10.8 Å². The van der Waals surface area contributed by atoms with E-state index < -0.39 is 175 Å². The Morgan fingerprint density at radius 2 is 0.787 bits per heavy atom. The van der Waals surface area contributed by atoms with Gasteiger partial charge in [-0.15, -0.1) is 0 Å².